The van der Waals surface area contributed by atoms with Gasteiger partial charge >= 0.3 is 0 Å². The Morgan fingerprint density at radius 3 is 3.13 bits per heavy atom. The van der Waals surface area contributed by atoms with Crippen LogP contribution >= 0.6 is 0 Å². The highest BCUT2D eigenvalue weighted by atomic mass is 16.5. The second-order valence-corrected chi connectivity index (χ2v) is 4.47. The average Bonchev–Trinajstić information content (AvgIpc) is 2.82. The van der Waals surface area contributed by atoms with Gasteiger partial charge in [0.2, 0.25) is 0 Å². The van der Waals surface area contributed by atoms with Crippen molar-refractivity contribution in [2.24, 2.45) is 0 Å². The van der Waals surface area contributed by atoms with E-state index in [2.05, 4.69) is 23.5 Å². The van der Waals surface area contributed by atoms with Crippen molar-refractivity contribution in [2.45, 2.75) is 31.7 Å². The highest BCUT2D eigenvalue weighted by Crippen LogP contribution is 2.30. The number of hydrogen-bond acceptors (Lipinski definition) is 2. The van der Waals surface area contributed by atoms with Crippen LogP contribution in [0.5, 0.6) is 5.75 Å². The van der Waals surface area contributed by atoms with Crippen LogP contribution in [0.15, 0.2) is 18.2 Å². The van der Waals surface area contributed by atoms with E-state index in [1.165, 1.54) is 30.4 Å². The maximum atomic E-state index is 5.70. The fourth-order valence-corrected chi connectivity index (χ4v) is 2.54. The Bertz CT molecular complexity index is 356. The van der Waals surface area contributed by atoms with Crippen molar-refractivity contribution in [3.63, 3.8) is 0 Å². The maximum absolute atomic E-state index is 5.70. The quantitative estimate of drug-likeness (QED) is 0.757. The third-order valence-electron chi connectivity index (χ3n) is 3.40. The van der Waals surface area contributed by atoms with Gasteiger partial charge in [0.15, 0.2) is 0 Å². The van der Waals surface area contributed by atoms with E-state index in [1.54, 1.807) is 0 Å². The minimum atomic E-state index is 0.556. The predicted octanol–water partition coefficient (Wildman–Crippen LogP) is 2.44. The second kappa shape index (κ2) is 3.86. The van der Waals surface area contributed by atoms with Gasteiger partial charge in [-0.3, -0.25) is 0 Å². The number of fused-ring (bicyclic) bond motifs is 1. The third-order valence-corrected chi connectivity index (χ3v) is 3.40. The molecule has 2 nitrogen and oxygen atoms in total. The van der Waals surface area contributed by atoms with Crippen LogP contribution in [-0.4, -0.2) is 13.2 Å². The number of rotatable bonds is 1. The molecule has 15 heavy (non-hydrogen) atoms. The first kappa shape index (κ1) is 9.22. The zero-order valence-electron chi connectivity index (χ0n) is 8.96. The number of ether oxygens (including phenoxy) is 1. The summed E-state index contributed by atoms with van der Waals surface area (Å²) in [5.74, 6) is 1.12. The summed E-state index contributed by atoms with van der Waals surface area (Å²) >= 11 is 0. The Labute approximate surface area is 90.6 Å². The molecule has 80 valence electrons. The Kier molecular flexibility index (Phi) is 2.37. The standard InChI is InChI=1S/C13H17NO/c1-4-12(14-7-1)11-6-5-10-3-2-8-15-13(10)9-11/h5-6,9,12,14H,1-4,7-8H2/t12-/m1/s1. The summed E-state index contributed by atoms with van der Waals surface area (Å²) in [6.45, 7) is 2.04. The lowest BCUT2D eigenvalue weighted by atomic mass is 9.99. The Morgan fingerprint density at radius 2 is 2.27 bits per heavy atom. The van der Waals surface area contributed by atoms with Gasteiger partial charge in [-0.2, -0.15) is 0 Å². The molecule has 2 heteroatoms. The maximum Gasteiger partial charge on any atom is 0.122 e. The second-order valence-electron chi connectivity index (χ2n) is 4.47. The SMILES string of the molecule is c1cc2c(cc1[C@H]1CCCN1)OCCC2. The van der Waals surface area contributed by atoms with Crippen LogP contribution in [0.2, 0.25) is 0 Å². The molecule has 2 aliphatic heterocycles. The summed E-state index contributed by atoms with van der Waals surface area (Å²) in [5.41, 5.74) is 2.77. The zero-order valence-corrected chi connectivity index (χ0v) is 8.96. The molecule has 1 aromatic carbocycles. The van der Waals surface area contributed by atoms with Crippen LogP contribution in [0, 0.1) is 0 Å². The largest absolute Gasteiger partial charge is 0.493 e. The molecule has 2 aliphatic rings. The molecule has 0 amide bonds. The molecule has 0 saturated carbocycles. The fraction of sp³-hybridized carbons (Fsp3) is 0.538. The predicted molar refractivity (Wildman–Crippen MR) is 60.2 cm³/mol. The van der Waals surface area contributed by atoms with Crippen molar-refractivity contribution < 1.29 is 4.74 Å². The lowest BCUT2D eigenvalue weighted by Gasteiger charge is -2.19. The third kappa shape index (κ3) is 1.74. The molecule has 1 N–H and O–H groups in total. The lowest BCUT2D eigenvalue weighted by molar-refractivity contribution is 0.288. The lowest BCUT2D eigenvalue weighted by Crippen LogP contribution is -2.14. The molecule has 0 unspecified atom stereocenters. The zero-order chi connectivity index (χ0) is 10.1. The Morgan fingerprint density at radius 1 is 1.27 bits per heavy atom. The summed E-state index contributed by atoms with van der Waals surface area (Å²) in [7, 11) is 0. The van der Waals surface area contributed by atoms with Crippen molar-refractivity contribution >= 4 is 0 Å². The molecule has 1 fully saturated rings. The van der Waals surface area contributed by atoms with Crippen LogP contribution in [0.25, 0.3) is 0 Å². The first-order valence-electron chi connectivity index (χ1n) is 5.92. The van der Waals surface area contributed by atoms with E-state index in [9.17, 15) is 0 Å². The minimum Gasteiger partial charge on any atom is -0.493 e. The smallest absolute Gasteiger partial charge is 0.122 e. The van der Waals surface area contributed by atoms with Crippen LogP contribution in [0.3, 0.4) is 0 Å². The topological polar surface area (TPSA) is 21.3 Å². The van der Waals surface area contributed by atoms with Crippen molar-refractivity contribution in [1.29, 1.82) is 0 Å². The van der Waals surface area contributed by atoms with Gasteiger partial charge in [-0.25, -0.2) is 0 Å². The molecule has 0 spiro atoms. The van der Waals surface area contributed by atoms with E-state index in [1.807, 2.05) is 0 Å². The van der Waals surface area contributed by atoms with Crippen molar-refractivity contribution in [3.8, 4) is 5.75 Å². The van der Waals surface area contributed by atoms with E-state index in [4.69, 9.17) is 4.74 Å². The van der Waals surface area contributed by atoms with Gasteiger partial charge < -0.3 is 10.1 Å². The Balaban J connectivity index is 1.89. The molecule has 0 aromatic heterocycles. The van der Waals surface area contributed by atoms with E-state index >= 15 is 0 Å². The number of benzene rings is 1. The van der Waals surface area contributed by atoms with E-state index in [-0.39, 0.29) is 0 Å². The molecule has 0 radical (unpaired) electrons. The van der Waals surface area contributed by atoms with Crippen molar-refractivity contribution in [3.05, 3.63) is 29.3 Å². The van der Waals surface area contributed by atoms with Gasteiger partial charge in [-0.15, -0.1) is 0 Å². The molecule has 0 bridgehead atoms. The van der Waals surface area contributed by atoms with E-state index in [0.717, 1.165) is 25.3 Å². The van der Waals surface area contributed by atoms with Crippen molar-refractivity contribution in [1.82, 2.24) is 5.32 Å². The normalized spacial score (nSPS) is 24.7. The molecule has 0 aliphatic carbocycles. The monoisotopic (exact) mass is 203 g/mol. The van der Waals surface area contributed by atoms with Crippen LogP contribution in [0.1, 0.15) is 36.4 Å². The molecular formula is C13H17NO. The van der Waals surface area contributed by atoms with Gasteiger partial charge in [0.1, 0.15) is 5.75 Å². The summed E-state index contributed by atoms with van der Waals surface area (Å²) in [4.78, 5) is 0. The molecule has 3 rings (SSSR count). The molecular weight excluding hydrogens is 186 g/mol. The summed E-state index contributed by atoms with van der Waals surface area (Å²) in [6, 6.07) is 7.29. The fourth-order valence-electron chi connectivity index (χ4n) is 2.54. The van der Waals surface area contributed by atoms with Crippen molar-refractivity contribution in [2.75, 3.05) is 13.2 Å². The van der Waals surface area contributed by atoms with Crippen LogP contribution in [-0.2, 0) is 6.42 Å². The molecule has 1 aromatic rings. The van der Waals surface area contributed by atoms with Crippen LogP contribution in [0.4, 0.5) is 0 Å². The number of aryl methyl sites for hydroxylation is 1. The molecule has 2 heterocycles. The van der Waals surface area contributed by atoms with Gasteiger partial charge in [0, 0.05) is 6.04 Å². The number of nitrogens with one attached hydrogen (secondary N) is 1. The highest BCUT2D eigenvalue weighted by Gasteiger charge is 2.18. The highest BCUT2D eigenvalue weighted by molar-refractivity contribution is 5.40. The Hall–Kier alpha value is -1.02. The summed E-state index contributed by atoms with van der Waals surface area (Å²) < 4.78 is 5.70. The average molecular weight is 203 g/mol. The molecule has 1 saturated heterocycles. The van der Waals surface area contributed by atoms with Crippen LogP contribution < -0.4 is 10.1 Å². The van der Waals surface area contributed by atoms with Gasteiger partial charge in [-0.05, 0) is 49.4 Å². The number of hydrogen-bond donors (Lipinski definition) is 1. The van der Waals surface area contributed by atoms with E-state index in [0.29, 0.717) is 6.04 Å². The first-order chi connectivity index (χ1) is 7.43. The summed E-state index contributed by atoms with van der Waals surface area (Å²) in [5, 5.41) is 3.52. The van der Waals surface area contributed by atoms with Gasteiger partial charge in [-0.1, -0.05) is 12.1 Å². The molecule has 1 atom stereocenters. The first-order valence-corrected chi connectivity index (χ1v) is 5.92. The van der Waals surface area contributed by atoms with Gasteiger partial charge in [0.25, 0.3) is 0 Å². The summed E-state index contributed by atoms with van der Waals surface area (Å²) in [6.07, 6.45) is 4.89. The minimum absolute atomic E-state index is 0.556. The van der Waals surface area contributed by atoms with E-state index < -0.39 is 0 Å². The van der Waals surface area contributed by atoms with Gasteiger partial charge in [0.05, 0.1) is 6.61 Å².